The maximum Gasteiger partial charge on any atom is 0.243 e. The van der Waals surface area contributed by atoms with Gasteiger partial charge < -0.3 is 0 Å². The highest BCUT2D eigenvalue weighted by Gasteiger charge is 2.43. The first-order valence-electron chi connectivity index (χ1n) is 8.16. The number of benzene rings is 2. The van der Waals surface area contributed by atoms with Crippen molar-refractivity contribution >= 4 is 11.6 Å². The van der Waals surface area contributed by atoms with Gasteiger partial charge in [0.15, 0.2) is 0 Å². The Balaban J connectivity index is 1.45. The number of nitrogens with zero attached hydrogens (tertiary/aromatic N) is 1. The Kier molecular flexibility index (Phi) is 4.86. The number of aryl methyl sites for hydroxylation is 1. The molecule has 1 amide bonds. The van der Waals surface area contributed by atoms with Crippen LogP contribution in [0.3, 0.4) is 0 Å². The fourth-order valence-electron chi connectivity index (χ4n) is 2.81. The van der Waals surface area contributed by atoms with Gasteiger partial charge in [-0.15, -0.1) is 0 Å². The molecule has 118 valence electrons. The summed E-state index contributed by atoms with van der Waals surface area (Å²) in [6, 6.07) is 20.5. The Morgan fingerprint density at radius 2 is 1.74 bits per heavy atom. The van der Waals surface area contributed by atoms with Gasteiger partial charge in [-0.05, 0) is 43.2 Å². The van der Waals surface area contributed by atoms with Crippen LogP contribution in [0.5, 0.6) is 0 Å². The van der Waals surface area contributed by atoms with Crippen LogP contribution < -0.4 is 5.43 Å². The van der Waals surface area contributed by atoms with Crippen molar-refractivity contribution in [2.75, 3.05) is 0 Å². The highest BCUT2D eigenvalue weighted by atomic mass is 16.2. The molecular weight excluding hydrogens is 284 g/mol. The lowest BCUT2D eigenvalue weighted by Crippen LogP contribution is -2.21. The summed E-state index contributed by atoms with van der Waals surface area (Å²) >= 11 is 0. The largest absolute Gasteiger partial charge is 0.273 e. The third kappa shape index (κ3) is 4.28. The van der Waals surface area contributed by atoms with Crippen LogP contribution in [-0.2, 0) is 11.2 Å². The number of nitrogens with one attached hydrogen (secondary N) is 1. The van der Waals surface area contributed by atoms with E-state index in [-0.39, 0.29) is 11.8 Å². The molecule has 2 unspecified atom stereocenters. The summed E-state index contributed by atoms with van der Waals surface area (Å²) in [5.41, 5.74) is 6.23. The number of carbonyl (C=O) groups is 1. The molecule has 1 fully saturated rings. The molecule has 1 N–H and O–H groups in total. The van der Waals surface area contributed by atoms with Gasteiger partial charge in [0.05, 0.1) is 0 Å². The molecule has 0 heterocycles. The third-order valence-electron chi connectivity index (χ3n) is 4.33. The molecule has 3 rings (SSSR count). The fourth-order valence-corrected chi connectivity index (χ4v) is 2.81. The third-order valence-corrected chi connectivity index (χ3v) is 4.33. The first-order chi connectivity index (χ1) is 11.2. The summed E-state index contributed by atoms with van der Waals surface area (Å²) in [6.45, 7) is 1.96. The molecule has 23 heavy (non-hydrogen) atoms. The first-order valence-corrected chi connectivity index (χ1v) is 8.16. The van der Waals surface area contributed by atoms with Crippen LogP contribution in [0, 0.1) is 5.92 Å². The number of hydrazone groups is 1. The summed E-state index contributed by atoms with van der Waals surface area (Å²) in [4.78, 5) is 12.1. The zero-order chi connectivity index (χ0) is 16.1. The normalized spacial score (nSPS) is 20.1. The van der Waals surface area contributed by atoms with E-state index in [2.05, 4.69) is 34.8 Å². The highest BCUT2D eigenvalue weighted by Crippen LogP contribution is 2.47. The lowest BCUT2D eigenvalue weighted by Gasteiger charge is -2.03. The zero-order valence-electron chi connectivity index (χ0n) is 13.4. The predicted octanol–water partition coefficient (Wildman–Crippen LogP) is 3.92. The summed E-state index contributed by atoms with van der Waals surface area (Å²) in [7, 11) is 0. The Bertz CT molecular complexity index is 679. The van der Waals surface area contributed by atoms with Crippen molar-refractivity contribution in [3.05, 3.63) is 71.8 Å². The van der Waals surface area contributed by atoms with Crippen LogP contribution >= 0.6 is 0 Å². The van der Waals surface area contributed by atoms with Gasteiger partial charge in [-0.2, -0.15) is 5.10 Å². The second-order valence-corrected chi connectivity index (χ2v) is 6.17. The van der Waals surface area contributed by atoms with E-state index in [0.717, 1.165) is 25.0 Å². The van der Waals surface area contributed by atoms with Gasteiger partial charge in [0.25, 0.3) is 0 Å². The van der Waals surface area contributed by atoms with Gasteiger partial charge in [-0.1, -0.05) is 60.7 Å². The molecular formula is C20H22N2O. The molecule has 0 aliphatic heterocycles. The van der Waals surface area contributed by atoms with Crippen LogP contribution in [0.2, 0.25) is 0 Å². The van der Waals surface area contributed by atoms with Crippen LogP contribution in [0.15, 0.2) is 65.8 Å². The molecule has 0 radical (unpaired) electrons. The van der Waals surface area contributed by atoms with Gasteiger partial charge in [0.1, 0.15) is 0 Å². The molecule has 0 spiro atoms. The van der Waals surface area contributed by atoms with E-state index in [1.807, 2.05) is 43.3 Å². The van der Waals surface area contributed by atoms with E-state index < -0.39 is 0 Å². The van der Waals surface area contributed by atoms with Crippen molar-refractivity contribution in [1.29, 1.82) is 0 Å². The lowest BCUT2D eigenvalue weighted by molar-refractivity contribution is -0.122. The van der Waals surface area contributed by atoms with Crippen molar-refractivity contribution in [2.24, 2.45) is 11.0 Å². The van der Waals surface area contributed by atoms with Gasteiger partial charge in [0, 0.05) is 11.6 Å². The second kappa shape index (κ2) is 7.23. The number of amides is 1. The number of carbonyl (C=O) groups excluding carboxylic acids is 1. The fraction of sp³-hybridized carbons (Fsp3) is 0.300. The number of hydrogen-bond acceptors (Lipinski definition) is 2. The van der Waals surface area contributed by atoms with Crippen molar-refractivity contribution in [2.45, 2.75) is 32.1 Å². The number of hydrogen-bond donors (Lipinski definition) is 1. The SMILES string of the molecule is CC(CCc1ccccc1)=NNC(=O)C1CC1c1ccccc1. The van der Waals surface area contributed by atoms with Crippen molar-refractivity contribution in [3.8, 4) is 0 Å². The minimum absolute atomic E-state index is 0.0397. The molecule has 0 bridgehead atoms. The van der Waals surface area contributed by atoms with E-state index in [9.17, 15) is 4.79 Å². The minimum Gasteiger partial charge on any atom is -0.273 e. The maximum absolute atomic E-state index is 12.1. The van der Waals surface area contributed by atoms with Gasteiger partial charge >= 0.3 is 0 Å². The average molecular weight is 306 g/mol. The summed E-state index contributed by atoms with van der Waals surface area (Å²) < 4.78 is 0. The Morgan fingerprint density at radius 1 is 1.09 bits per heavy atom. The summed E-state index contributed by atoms with van der Waals surface area (Å²) in [5.74, 6) is 0.469. The monoisotopic (exact) mass is 306 g/mol. The second-order valence-electron chi connectivity index (χ2n) is 6.17. The molecule has 2 aromatic rings. The van der Waals surface area contributed by atoms with Gasteiger partial charge in [-0.25, -0.2) is 5.43 Å². The Morgan fingerprint density at radius 3 is 2.43 bits per heavy atom. The smallest absolute Gasteiger partial charge is 0.243 e. The van der Waals surface area contributed by atoms with E-state index >= 15 is 0 Å². The van der Waals surface area contributed by atoms with Crippen molar-refractivity contribution in [1.82, 2.24) is 5.43 Å². The molecule has 0 saturated heterocycles. The van der Waals surface area contributed by atoms with E-state index in [0.29, 0.717) is 5.92 Å². The van der Waals surface area contributed by atoms with Crippen LogP contribution in [0.4, 0.5) is 0 Å². The van der Waals surface area contributed by atoms with Gasteiger partial charge in [-0.3, -0.25) is 4.79 Å². The summed E-state index contributed by atoms with van der Waals surface area (Å²) in [5, 5.41) is 4.25. The molecule has 2 atom stereocenters. The van der Waals surface area contributed by atoms with E-state index in [4.69, 9.17) is 0 Å². The Labute approximate surface area is 137 Å². The minimum atomic E-state index is 0.0397. The van der Waals surface area contributed by atoms with E-state index in [1.54, 1.807) is 0 Å². The first kappa shape index (κ1) is 15.5. The molecule has 3 nitrogen and oxygen atoms in total. The van der Waals surface area contributed by atoms with Crippen LogP contribution in [-0.4, -0.2) is 11.6 Å². The van der Waals surface area contributed by atoms with Gasteiger partial charge in [0.2, 0.25) is 5.91 Å². The van der Waals surface area contributed by atoms with Crippen LogP contribution in [0.25, 0.3) is 0 Å². The predicted molar refractivity (Wildman–Crippen MR) is 93.3 cm³/mol. The maximum atomic E-state index is 12.1. The molecule has 1 aliphatic carbocycles. The van der Waals surface area contributed by atoms with Crippen molar-refractivity contribution < 1.29 is 4.79 Å². The number of rotatable bonds is 6. The topological polar surface area (TPSA) is 41.5 Å². The average Bonchev–Trinajstić information content (AvgIpc) is 3.40. The molecule has 0 aromatic heterocycles. The quantitative estimate of drug-likeness (QED) is 0.638. The molecule has 1 saturated carbocycles. The zero-order valence-corrected chi connectivity index (χ0v) is 13.4. The highest BCUT2D eigenvalue weighted by molar-refractivity contribution is 5.86. The van der Waals surface area contributed by atoms with Crippen molar-refractivity contribution in [3.63, 3.8) is 0 Å². The molecule has 3 heteroatoms. The summed E-state index contributed by atoms with van der Waals surface area (Å²) in [6.07, 6.45) is 2.73. The standard InChI is InChI=1S/C20H22N2O/c1-15(12-13-16-8-4-2-5-9-16)21-22-20(23)19-14-18(19)17-10-6-3-7-11-17/h2-11,18-19H,12-14H2,1H3,(H,22,23). The molecule has 2 aromatic carbocycles. The van der Waals surface area contributed by atoms with E-state index in [1.165, 1.54) is 11.1 Å². The Hall–Kier alpha value is -2.42. The lowest BCUT2D eigenvalue weighted by atomic mass is 10.1. The molecule has 1 aliphatic rings. The van der Waals surface area contributed by atoms with Crippen LogP contribution in [0.1, 0.15) is 36.8 Å².